The van der Waals surface area contributed by atoms with Gasteiger partial charge in [0.1, 0.15) is 5.75 Å². The number of hydrogen-bond acceptors (Lipinski definition) is 2. The second-order valence-corrected chi connectivity index (χ2v) is 5.37. The Morgan fingerprint density at radius 2 is 1.90 bits per heavy atom. The van der Waals surface area contributed by atoms with Crippen molar-refractivity contribution in [3.63, 3.8) is 0 Å². The molecule has 1 unspecified atom stereocenters. The van der Waals surface area contributed by atoms with Crippen molar-refractivity contribution in [3.8, 4) is 5.75 Å². The summed E-state index contributed by atoms with van der Waals surface area (Å²) in [6, 6.07) is 12.8. The van der Waals surface area contributed by atoms with Crippen LogP contribution in [0.1, 0.15) is 32.8 Å². The van der Waals surface area contributed by atoms with Crippen LogP contribution in [0.3, 0.4) is 0 Å². The van der Waals surface area contributed by atoms with Crippen molar-refractivity contribution < 1.29 is 4.74 Å². The molecule has 1 atom stereocenters. The van der Waals surface area contributed by atoms with Gasteiger partial charge in [-0.1, -0.05) is 57.5 Å². The third-order valence-electron chi connectivity index (χ3n) is 3.77. The molecule has 0 heterocycles. The summed E-state index contributed by atoms with van der Waals surface area (Å²) in [5.74, 6) is 1.61. The zero-order chi connectivity index (χ0) is 14.4. The molecule has 2 aromatic carbocycles. The number of ether oxygens (including phenoxy) is 1. The maximum atomic E-state index is 6.05. The Morgan fingerprint density at radius 3 is 2.65 bits per heavy atom. The molecule has 0 aliphatic heterocycles. The highest BCUT2D eigenvalue weighted by molar-refractivity contribution is 5.87. The summed E-state index contributed by atoms with van der Waals surface area (Å²) in [7, 11) is 0. The zero-order valence-electron chi connectivity index (χ0n) is 12.8. The van der Waals surface area contributed by atoms with Gasteiger partial charge in [-0.2, -0.15) is 0 Å². The number of hydrogen-bond donors (Lipinski definition) is 1. The molecule has 2 heteroatoms. The minimum atomic E-state index is 0.591. The Labute approximate surface area is 122 Å². The molecule has 0 amide bonds. The first kappa shape index (κ1) is 14.9. The predicted octanol–water partition coefficient (Wildman–Crippen LogP) is 4.37. The van der Waals surface area contributed by atoms with E-state index in [4.69, 9.17) is 4.74 Å². The molecule has 20 heavy (non-hydrogen) atoms. The fourth-order valence-electron chi connectivity index (χ4n) is 2.23. The molecule has 0 aromatic heterocycles. The molecule has 108 valence electrons. The zero-order valence-corrected chi connectivity index (χ0v) is 12.8. The third-order valence-corrected chi connectivity index (χ3v) is 3.77. The lowest BCUT2D eigenvalue weighted by Crippen LogP contribution is -2.14. The molecule has 0 spiro atoms. The summed E-state index contributed by atoms with van der Waals surface area (Å²) >= 11 is 0. The van der Waals surface area contributed by atoms with Gasteiger partial charge in [0.25, 0.3) is 0 Å². The highest BCUT2D eigenvalue weighted by Crippen LogP contribution is 2.28. The highest BCUT2D eigenvalue weighted by Gasteiger charge is 2.09. The minimum absolute atomic E-state index is 0.591. The Hall–Kier alpha value is -1.54. The van der Waals surface area contributed by atoms with Gasteiger partial charge in [-0.25, -0.2) is 0 Å². The molecular formula is C18H25NO. The van der Waals surface area contributed by atoms with Gasteiger partial charge in [0.05, 0.1) is 6.61 Å². The Bertz CT molecular complexity index is 550. The molecule has 1 N–H and O–H groups in total. The third kappa shape index (κ3) is 3.51. The van der Waals surface area contributed by atoms with E-state index in [2.05, 4.69) is 62.5 Å². The van der Waals surface area contributed by atoms with Crippen LogP contribution in [0.4, 0.5) is 0 Å². The van der Waals surface area contributed by atoms with E-state index in [0.717, 1.165) is 31.9 Å². The molecule has 0 aliphatic rings. The molecule has 2 aromatic rings. The normalized spacial score (nSPS) is 12.6. The molecule has 0 bridgehead atoms. The fraction of sp³-hybridized carbons (Fsp3) is 0.444. The van der Waals surface area contributed by atoms with E-state index in [1.54, 1.807) is 0 Å². The van der Waals surface area contributed by atoms with Crippen LogP contribution < -0.4 is 10.1 Å². The maximum Gasteiger partial charge on any atom is 0.124 e. The van der Waals surface area contributed by atoms with Crippen molar-refractivity contribution >= 4 is 10.8 Å². The Kier molecular flexibility index (Phi) is 5.42. The van der Waals surface area contributed by atoms with Crippen LogP contribution in [0, 0.1) is 5.92 Å². The molecule has 2 rings (SSSR count). The molecule has 2 nitrogen and oxygen atoms in total. The largest absolute Gasteiger partial charge is 0.493 e. The van der Waals surface area contributed by atoms with Crippen molar-refractivity contribution in [3.05, 3.63) is 42.0 Å². The van der Waals surface area contributed by atoms with E-state index in [1.165, 1.54) is 16.3 Å². The van der Waals surface area contributed by atoms with Gasteiger partial charge in [-0.15, -0.1) is 0 Å². The van der Waals surface area contributed by atoms with Crippen molar-refractivity contribution in [2.45, 2.75) is 33.7 Å². The van der Waals surface area contributed by atoms with Crippen LogP contribution in [0.5, 0.6) is 5.75 Å². The summed E-state index contributed by atoms with van der Waals surface area (Å²) in [6.07, 6.45) is 1.15. The van der Waals surface area contributed by atoms with Crippen LogP contribution in [0.25, 0.3) is 10.8 Å². The van der Waals surface area contributed by atoms with Gasteiger partial charge < -0.3 is 10.1 Å². The molecule has 0 saturated heterocycles. The van der Waals surface area contributed by atoms with Gasteiger partial charge in [0.15, 0.2) is 0 Å². The molecule has 0 radical (unpaired) electrons. The summed E-state index contributed by atoms with van der Waals surface area (Å²) in [5, 5.41) is 5.98. The average molecular weight is 271 g/mol. The van der Waals surface area contributed by atoms with E-state index in [0.29, 0.717) is 5.92 Å². The number of rotatable bonds is 7. The predicted molar refractivity (Wildman–Crippen MR) is 86.3 cm³/mol. The first-order chi connectivity index (χ1) is 9.76. The van der Waals surface area contributed by atoms with Gasteiger partial charge in [-0.05, 0) is 29.3 Å². The van der Waals surface area contributed by atoms with E-state index < -0.39 is 0 Å². The van der Waals surface area contributed by atoms with Crippen LogP contribution in [-0.4, -0.2) is 13.2 Å². The van der Waals surface area contributed by atoms with E-state index >= 15 is 0 Å². The van der Waals surface area contributed by atoms with E-state index in [9.17, 15) is 0 Å². The van der Waals surface area contributed by atoms with E-state index in [1.807, 2.05) is 0 Å². The molecular weight excluding hydrogens is 246 g/mol. The first-order valence-electron chi connectivity index (χ1n) is 7.60. The second-order valence-electron chi connectivity index (χ2n) is 5.37. The van der Waals surface area contributed by atoms with Gasteiger partial charge in [-0.3, -0.25) is 0 Å². The van der Waals surface area contributed by atoms with Crippen molar-refractivity contribution in [2.75, 3.05) is 13.2 Å². The highest BCUT2D eigenvalue weighted by atomic mass is 16.5. The van der Waals surface area contributed by atoms with Gasteiger partial charge in [0.2, 0.25) is 0 Å². The second kappa shape index (κ2) is 7.30. The average Bonchev–Trinajstić information content (AvgIpc) is 2.50. The van der Waals surface area contributed by atoms with Crippen LogP contribution in [-0.2, 0) is 6.54 Å². The van der Waals surface area contributed by atoms with E-state index in [-0.39, 0.29) is 0 Å². The number of benzene rings is 2. The smallest absolute Gasteiger partial charge is 0.124 e. The Morgan fingerprint density at radius 1 is 1.10 bits per heavy atom. The van der Waals surface area contributed by atoms with Crippen molar-refractivity contribution in [1.29, 1.82) is 0 Å². The van der Waals surface area contributed by atoms with Crippen molar-refractivity contribution in [2.24, 2.45) is 5.92 Å². The lowest BCUT2D eigenvalue weighted by Gasteiger charge is -2.16. The minimum Gasteiger partial charge on any atom is -0.493 e. The quantitative estimate of drug-likeness (QED) is 0.807. The molecule has 0 fully saturated rings. The molecule has 0 saturated carbocycles. The lowest BCUT2D eigenvalue weighted by molar-refractivity contribution is 0.254. The fourth-order valence-corrected chi connectivity index (χ4v) is 2.23. The number of fused-ring (bicyclic) bond motifs is 1. The summed E-state index contributed by atoms with van der Waals surface area (Å²) in [4.78, 5) is 0. The summed E-state index contributed by atoms with van der Waals surface area (Å²) in [6.45, 7) is 9.17. The van der Waals surface area contributed by atoms with Crippen molar-refractivity contribution in [1.82, 2.24) is 5.32 Å². The topological polar surface area (TPSA) is 21.3 Å². The summed E-state index contributed by atoms with van der Waals surface area (Å²) < 4.78 is 6.05. The van der Waals surface area contributed by atoms with Crippen LogP contribution in [0.2, 0.25) is 0 Å². The first-order valence-corrected chi connectivity index (χ1v) is 7.60. The van der Waals surface area contributed by atoms with Gasteiger partial charge in [0, 0.05) is 12.1 Å². The van der Waals surface area contributed by atoms with Crippen LogP contribution >= 0.6 is 0 Å². The standard InChI is InChI=1S/C18H25NO/c1-4-14(3)13-20-18-11-10-15-8-6-7-9-16(15)17(18)12-19-5-2/h6-11,14,19H,4-5,12-13H2,1-3H3. The SMILES string of the molecule is CCNCc1c(OCC(C)CC)ccc2ccccc12. The monoisotopic (exact) mass is 271 g/mol. The Balaban J connectivity index is 2.31. The molecule has 0 aliphatic carbocycles. The summed E-state index contributed by atoms with van der Waals surface area (Å²) in [5.41, 5.74) is 1.27. The maximum absolute atomic E-state index is 6.05. The van der Waals surface area contributed by atoms with Gasteiger partial charge >= 0.3 is 0 Å². The number of nitrogens with one attached hydrogen (secondary N) is 1. The van der Waals surface area contributed by atoms with Crippen LogP contribution in [0.15, 0.2) is 36.4 Å². The lowest BCUT2D eigenvalue weighted by atomic mass is 10.0.